The van der Waals surface area contributed by atoms with Crippen LogP contribution in [0.15, 0.2) is 18.2 Å². The predicted octanol–water partition coefficient (Wildman–Crippen LogP) is 4.23. The van der Waals surface area contributed by atoms with E-state index in [1.54, 1.807) is 6.07 Å². The van der Waals surface area contributed by atoms with Gasteiger partial charge in [0.25, 0.3) is 5.69 Å². The van der Waals surface area contributed by atoms with Crippen LogP contribution in [-0.4, -0.2) is 28.6 Å². The van der Waals surface area contributed by atoms with Crippen molar-refractivity contribution in [2.45, 2.75) is 57.9 Å². The molecule has 0 bridgehead atoms. The summed E-state index contributed by atoms with van der Waals surface area (Å²) >= 11 is 0. The highest BCUT2D eigenvalue weighted by molar-refractivity contribution is 5.95. The Morgan fingerprint density at radius 1 is 1.35 bits per heavy atom. The quantitative estimate of drug-likeness (QED) is 0.600. The van der Waals surface area contributed by atoms with Crippen LogP contribution in [0.4, 0.5) is 11.4 Å². The van der Waals surface area contributed by atoms with Crippen LogP contribution in [-0.2, 0) is 0 Å². The van der Waals surface area contributed by atoms with Gasteiger partial charge >= 0.3 is 5.97 Å². The number of non-ortho nitro benzene ring substituents is 1. The third kappa shape index (κ3) is 4.21. The van der Waals surface area contributed by atoms with Crippen molar-refractivity contribution in [2.24, 2.45) is 0 Å². The molecule has 126 valence electrons. The second-order valence-corrected chi connectivity index (χ2v) is 6.10. The van der Waals surface area contributed by atoms with Gasteiger partial charge in [0.15, 0.2) is 0 Å². The molecule has 0 spiro atoms. The number of carbonyl (C=O) groups is 1. The second kappa shape index (κ2) is 7.94. The van der Waals surface area contributed by atoms with Gasteiger partial charge in [-0.05, 0) is 25.3 Å². The minimum atomic E-state index is -1.11. The average Bonchev–Trinajstić information content (AvgIpc) is 2.56. The summed E-state index contributed by atoms with van der Waals surface area (Å²) in [6.07, 6.45) is 7.65. The Kier molecular flexibility index (Phi) is 5.96. The number of carboxylic acid groups (broad SMARTS) is 1. The van der Waals surface area contributed by atoms with Crippen LogP contribution < -0.4 is 4.90 Å². The molecule has 2 rings (SSSR count). The molecule has 0 heterocycles. The Labute approximate surface area is 136 Å². The van der Waals surface area contributed by atoms with Gasteiger partial charge in [-0.25, -0.2) is 4.79 Å². The van der Waals surface area contributed by atoms with E-state index in [0.29, 0.717) is 11.7 Å². The van der Waals surface area contributed by atoms with Crippen molar-refractivity contribution in [3.05, 3.63) is 33.9 Å². The molecule has 0 radical (unpaired) electrons. The number of benzene rings is 1. The number of nitro benzene ring substituents is 1. The zero-order valence-corrected chi connectivity index (χ0v) is 13.5. The molecule has 0 atom stereocenters. The summed E-state index contributed by atoms with van der Waals surface area (Å²) in [5.74, 6) is -1.11. The SMILES string of the molecule is CCCCN(c1ccc([N+](=O)[O-])cc1C(=O)O)C1CCCCC1. The first kappa shape index (κ1) is 17.2. The lowest BCUT2D eigenvalue weighted by Crippen LogP contribution is -2.38. The second-order valence-electron chi connectivity index (χ2n) is 6.10. The molecular formula is C17H24N2O4. The molecule has 0 aromatic heterocycles. The molecular weight excluding hydrogens is 296 g/mol. The van der Waals surface area contributed by atoms with Gasteiger partial charge in [-0.1, -0.05) is 32.6 Å². The van der Waals surface area contributed by atoms with Gasteiger partial charge in [0.1, 0.15) is 0 Å². The van der Waals surface area contributed by atoms with Crippen molar-refractivity contribution in [3.63, 3.8) is 0 Å². The zero-order chi connectivity index (χ0) is 16.8. The molecule has 6 nitrogen and oxygen atoms in total. The molecule has 1 aliphatic rings. The molecule has 1 N–H and O–H groups in total. The van der Waals surface area contributed by atoms with Gasteiger partial charge in [0.05, 0.1) is 16.2 Å². The highest BCUT2D eigenvalue weighted by Crippen LogP contribution is 2.32. The van der Waals surface area contributed by atoms with Crippen LogP contribution in [0.2, 0.25) is 0 Å². The van der Waals surface area contributed by atoms with E-state index in [2.05, 4.69) is 11.8 Å². The van der Waals surface area contributed by atoms with Gasteiger partial charge < -0.3 is 10.0 Å². The molecule has 1 aliphatic carbocycles. The van der Waals surface area contributed by atoms with Crippen molar-refractivity contribution in [1.29, 1.82) is 0 Å². The third-order valence-corrected chi connectivity index (χ3v) is 4.50. The van der Waals surface area contributed by atoms with Crippen LogP contribution in [0.1, 0.15) is 62.2 Å². The van der Waals surface area contributed by atoms with Gasteiger partial charge in [0, 0.05) is 24.7 Å². The number of unbranched alkanes of at least 4 members (excludes halogenated alkanes) is 1. The summed E-state index contributed by atoms with van der Waals surface area (Å²) < 4.78 is 0. The maximum Gasteiger partial charge on any atom is 0.338 e. The average molecular weight is 320 g/mol. The number of carboxylic acids is 1. The van der Waals surface area contributed by atoms with Crippen LogP contribution in [0.5, 0.6) is 0 Å². The Morgan fingerprint density at radius 2 is 2.04 bits per heavy atom. The van der Waals surface area contributed by atoms with Crippen molar-refractivity contribution >= 4 is 17.3 Å². The monoisotopic (exact) mass is 320 g/mol. The lowest BCUT2D eigenvalue weighted by atomic mass is 9.93. The number of hydrogen-bond donors (Lipinski definition) is 1. The number of aromatic carboxylic acids is 1. The van der Waals surface area contributed by atoms with E-state index in [9.17, 15) is 20.0 Å². The largest absolute Gasteiger partial charge is 0.478 e. The number of hydrogen-bond acceptors (Lipinski definition) is 4. The summed E-state index contributed by atoms with van der Waals surface area (Å²) in [7, 11) is 0. The summed E-state index contributed by atoms with van der Waals surface area (Å²) in [6.45, 7) is 2.90. The Bertz CT molecular complexity index is 568. The van der Waals surface area contributed by atoms with Crippen molar-refractivity contribution in [2.75, 3.05) is 11.4 Å². The summed E-state index contributed by atoms with van der Waals surface area (Å²) in [4.78, 5) is 24.2. The van der Waals surface area contributed by atoms with Gasteiger partial charge in [-0.3, -0.25) is 10.1 Å². The fraction of sp³-hybridized carbons (Fsp3) is 0.588. The van der Waals surface area contributed by atoms with E-state index in [4.69, 9.17) is 0 Å². The fourth-order valence-corrected chi connectivity index (χ4v) is 3.28. The lowest BCUT2D eigenvalue weighted by molar-refractivity contribution is -0.384. The van der Waals surface area contributed by atoms with Gasteiger partial charge in [-0.15, -0.1) is 0 Å². The molecule has 1 aromatic rings. The zero-order valence-electron chi connectivity index (χ0n) is 13.5. The molecule has 0 unspecified atom stereocenters. The van der Waals surface area contributed by atoms with E-state index in [0.717, 1.165) is 45.1 Å². The van der Waals surface area contributed by atoms with Crippen LogP contribution >= 0.6 is 0 Å². The van der Waals surface area contributed by atoms with Crippen LogP contribution in [0, 0.1) is 10.1 Å². The predicted molar refractivity (Wildman–Crippen MR) is 89.2 cm³/mol. The first-order valence-electron chi connectivity index (χ1n) is 8.33. The molecule has 0 saturated heterocycles. The standard InChI is InChI=1S/C17H24N2O4/c1-2-3-11-18(13-7-5-4-6-8-13)16-10-9-14(19(22)23)12-15(16)17(20)21/h9-10,12-13H,2-8,11H2,1H3,(H,20,21). The first-order valence-corrected chi connectivity index (χ1v) is 8.33. The highest BCUT2D eigenvalue weighted by atomic mass is 16.6. The molecule has 1 fully saturated rings. The van der Waals surface area contributed by atoms with Crippen LogP contribution in [0.25, 0.3) is 0 Å². The van der Waals surface area contributed by atoms with E-state index in [1.807, 2.05) is 0 Å². The Hall–Kier alpha value is -2.11. The van der Waals surface area contributed by atoms with E-state index < -0.39 is 10.9 Å². The van der Waals surface area contributed by atoms with E-state index >= 15 is 0 Å². The number of anilines is 1. The molecule has 0 aliphatic heterocycles. The maximum atomic E-state index is 11.6. The van der Waals surface area contributed by atoms with Gasteiger partial charge in [-0.2, -0.15) is 0 Å². The first-order chi connectivity index (χ1) is 11.0. The van der Waals surface area contributed by atoms with Crippen molar-refractivity contribution < 1.29 is 14.8 Å². The van der Waals surface area contributed by atoms with Crippen LogP contribution in [0.3, 0.4) is 0 Å². The minimum Gasteiger partial charge on any atom is -0.478 e. The normalized spacial score (nSPS) is 15.3. The van der Waals surface area contributed by atoms with Crippen molar-refractivity contribution in [1.82, 2.24) is 0 Å². The molecule has 1 aromatic carbocycles. The van der Waals surface area contributed by atoms with Gasteiger partial charge in [0.2, 0.25) is 0 Å². The topological polar surface area (TPSA) is 83.7 Å². The number of rotatable bonds is 7. The summed E-state index contributed by atoms with van der Waals surface area (Å²) in [6, 6.07) is 4.52. The number of nitrogens with zero attached hydrogens (tertiary/aromatic N) is 2. The van der Waals surface area contributed by atoms with E-state index in [-0.39, 0.29) is 11.3 Å². The summed E-state index contributed by atoms with van der Waals surface area (Å²) in [5.41, 5.74) is 0.467. The lowest BCUT2D eigenvalue weighted by Gasteiger charge is -2.37. The Morgan fingerprint density at radius 3 is 2.61 bits per heavy atom. The third-order valence-electron chi connectivity index (χ3n) is 4.50. The van der Waals surface area contributed by atoms with E-state index in [1.165, 1.54) is 18.6 Å². The fourth-order valence-electron chi connectivity index (χ4n) is 3.28. The summed E-state index contributed by atoms with van der Waals surface area (Å²) in [5, 5.41) is 20.4. The van der Waals surface area contributed by atoms with Crippen molar-refractivity contribution in [3.8, 4) is 0 Å². The molecule has 0 amide bonds. The highest BCUT2D eigenvalue weighted by Gasteiger charge is 2.26. The smallest absolute Gasteiger partial charge is 0.338 e. The molecule has 23 heavy (non-hydrogen) atoms. The Balaban J connectivity index is 2.39. The molecule has 1 saturated carbocycles. The minimum absolute atomic E-state index is 0.0286. The maximum absolute atomic E-state index is 11.6. The molecule has 6 heteroatoms. The number of nitro groups is 1.